The summed E-state index contributed by atoms with van der Waals surface area (Å²) in [6.07, 6.45) is 2.56. The lowest BCUT2D eigenvalue weighted by Gasteiger charge is -2.26. The van der Waals surface area contributed by atoms with E-state index in [0.29, 0.717) is 6.42 Å². The van der Waals surface area contributed by atoms with Crippen molar-refractivity contribution in [3.63, 3.8) is 0 Å². The fraction of sp³-hybridized carbons (Fsp3) is 0.500. The molecule has 0 aliphatic carbocycles. The molecule has 0 aromatic carbocycles. The topological polar surface area (TPSA) is 46.9 Å². The zero-order valence-electron chi connectivity index (χ0n) is 7.16. The Morgan fingerprint density at radius 2 is 2.42 bits per heavy atom. The molecule has 1 N–H and O–H groups in total. The molecule has 4 heteroatoms. The molecule has 12 heavy (non-hydrogen) atoms. The minimum absolute atomic E-state index is 0.128. The zero-order valence-corrected chi connectivity index (χ0v) is 7.16. The molecule has 1 aliphatic heterocycles. The molecule has 1 saturated heterocycles. The Hall–Kier alpha value is -1.32. The van der Waals surface area contributed by atoms with Gasteiger partial charge in [-0.25, -0.2) is 0 Å². The smallest absolute Gasteiger partial charge is 0.222 e. The number of rotatable bonds is 1. The van der Waals surface area contributed by atoms with Crippen LogP contribution in [0.2, 0.25) is 0 Å². The summed E-state index contributed by atoms with van der Waals surface area (Å²) in [7, 11) is 1.89. The summed E-state index contributed by atoms with van der Waals surface area (Å²) in [4.78, 5) is 10.7. The Bertz CT molecular complexity index is 321. The van der Waals surface area contributed by atoms with Crippen molar-refractivity contribution >= 4 is 5.91 Å². The van der Waals surface area contributed by atoms with Crippen LogP contribution in [-0.4, -0.2) is 15.7 Å². The van der Waals surface area contributed by atoms with Crippen molar-refractivity contribution in [1.82, 2.24) is 15.1 Å². The van der Waals surface area contributed by atoms with Crippen molar-refractivity contribution in [2.45, 2.75) is 19.4 Å². The Labute approximate surface area is 70.6 Å². The van der Waals surface area contributed by atoms with Gasteiger partial charge in [0, 0.05) is 18.8 Å². The molecular formula is C8H11N3O. The van der Waals surface area contributed by atoms with E-state index in [1.807, 2.05) is 20.2 Å². The van der Waals surface area contributed by atoms with Gasteiger partial charge < -0.3 is 5.32 Å². The average molecular weight is 165 g/mol. The van der Waals surface area contributed by atoms with Crippen molar-refractivity contribution in [2.75, 3.05) is 0 Å². The third kappa shape index (κ3) is 0.995. The molecule has 0 spiro atoms. The van der Waals surface area contributed by atoms with Crippen LogP contribution in [0.3, 0.4) is 0 Å². The van der Waals surface area contributed by atoms with Crippen LogP contribution in [0.4, 0.5) is 0 Å². The van der Waals surface area contributed by atoms with E-state index in [1.54, 1.807) is 4.68 Å². The van der Waals surface area contributed by atoms with Crippen molar-refractivity contribution in [3.8, 4) is 0 Å². The monoisotopic (exact) mass is 165 g/mol. The predicted octanol–water partition coefficient (Wildman–Crippen LogP) is 0.290. The van der Waals surface area contributed by atoms with Crippen LogP contribution < -0.4 is 5.32 Å². The number of β-lactam (4-membered cyclic amide) rings is 1. The van der Waals surface area contributed by atoms with Gasteiger partial charge in [-0.3, -0.25) is 9.48 Å². The van der Waals surface area contributed by atoms with Gasteiger partial charge in [-0.05, 0) is 6.92 Å². The fourth-order valence-corrected chi connectivity index (χ4v) is 1.51. The van der Waals surface area contributed by atoms with Crippen molar-refractivity contribution in [3.05, 3.63) is 17.5 Å². The lowest BCUT2D eigenvalue weighted by molar-refractivity contribution is -0.128. The summed E-state index contributed by atoms with van der Waals surface area (Å²) in [5.74, 6) is 0.128. The Kier molecular flexibility index (Phi) is 1.43. The maximum absolute atomic E-state index is 10.7. The van der Waals surface area contributed by atoms with E-state index < -0.39 is 0 Å². The van der Waals surface area contributed by atoms with Gasteiger partial charge in [0.1, 0.15) is 0 Å². The standard InChI is InChI=1S/C8H11N3O/c1-5-6(4-11(2)10-5)7-3-8(12)9-7/h4,7H,3H2,1-2H3,(H,9,12). The van der Waals surface area contributed by atoms with Gasteiger partial charge in [0.2, 0.25) is 5.91 Å². The van der Waals surface area contributed by atoms with Gasteiger partial charge in [-0.15, -0.1) is 0 Å². The molecular weight excluding hydrogens is 154 g/mol. The number of nitrogens with zero attached hydrogens (tertiary/aromatic N) is 2. The minimum Gasteiger partial charge on any atom is -0.349 e. The molecule has 2 rings (SSSR count). The van der Waals surface area contributed by atoms with Crippen molar-refractivity contribution in [1.29, 1.82) is 0 Å². The second-order valence-corrected chi connectivity index (χ2v) is 3.17. The summed E-state index contributed by atoms with van der Waals surface area (Å²) >= 11 is 0. The molecule has 2 heterocycles. The zero-order chi connectivity index (χ0) is 8.72. The van der Waals surface area contributed by atoms with Gasteiger partial charge in [-0.2, -0.15) is 5.10 Å². The quantitative estimate of drug-likeness (QED) is 0.608. The van der Waals surface area contributed by atoms with E-state index in [0.717, 1.165) is 11.3 Å². The molecule has 1 aliphatic rings. The van der Waals surface area contributed by atoms with Crippen LogP contribution in [0, 0.1) is 6.92 Å². The highest BCUT2D eigenvalue weighted by Gasteiger charge is 2.28. The molecule has 1 amide bonds. The van der Waals surface area contributed by atoms with Gasteiger partial charge in [-0.1, -0.05) is 0 Å². The minimum atomic E-state index is 0.128. The number of carbonyl (C=O) groups excluding carboxylic acids is 1. The summed E-state index contributed by atoms with van der Waals surface area (Å²) < 4.78 is 1.77. The van der Waals surface area contributed by atoms with Crippen LogP contribution in [-0.2, 0) is 11.8 Å². The highest BCUT2D eigenvalue weighted by Crippen LogP contribution is 2.25. The third-order valence-corrected chi connectivity index (χ3v) is 2.15. The number of amides is 1. The maximum atomic E-state index is 10.7. The van der Waals surface area contributed by atoms with E-state index >= 15 is 0 Å². The first-order valence-electron chi connectivity index (χ1n) is 3.96. The Morgan fingerprint density at radius 3 is 2.83 bits per heavy atom. The number of aryl methyl sites for hydroxylation is 2. The van der Waals surface area contributed by atoms with Crippen LogP contribution in [0.15, 0.2) is 6.20 Å². The largest absolute Gasteiger partial charge is 0.349 e. The van der Waals surface area contributed by atoms with E-state index in [4.69, 9.17) is 0 Å². The predicted molar refractivity (Wildman–Crippen MR) is 43.4 cm³/mol. The summed E-state index contributed by atoms with van der Waals surface area (Å²) in [6, 6.07) is 0.200. The van der Waals surface area contributed by atoms with E-state index in [-0.39, 0.29) is 11.9 Å². The molecule has 1 aromatic rings. The highest BCUT2D eigenvalue weighted by molar-refractivity contribution is 5.83. The van der Waals surface area contributed by atoms with Crippen LogP contribution in [0.25, 0.3) is 0 Å². The van der Waals surface area contributed by atoms with Crippen LogP contribution >= 0.6 is 0 Å². The fourth-order valence-electron chi connectivity index (χ4n) is 1.51. The Balaban J connectivity index is 2.23. The first-order valence-corrected chi connectivity index (χ1v) is 3.96. The second-order valence-electron chi connectivity index (χ2n) is 3.17. The average Bonchev–Trinajstić information content (AvgIpc) is 2.23. The molecule has 0 saturated carbocycles. The molecule has 64 valence electrons. The molecule has 4 nitrogen and oxygen atoms in total. The molecule has 1 unspecified atom stereocenters. The van der Waals surface area contributed by atoms with Crippen molar-refractivity contribution < 1.29 is 4.79 Å². The summed E-state index contributed by atoms with van der Waals surface area (Å²) in [5, 5.41) is 7.03. The van der Waals surface area contributed by atoms with Crippen LogP contribution in [0.5, 0.6) is 0 Å². The summed E-state index contributed by atoms with van der Waals surface area (Å²) in [5.41, 5.74) is 2.14. The molecule has 1 atom stereocenters. The van der Waals surface area contributed by atoms with Crippen molar-refractivity contribution in [2.24, 2.45) is 7.05 Å². The summed E-state index contributed by atoms with van der Waals surface area (Å²) in [6.45, 7) is 1.96. The first kappa shape index (κ1) is 7.34. The molecule has 0 radical (unpaired) electrons. The molecule has 1 fully saturated rings. The number of carbonyl (C=O) groups is 1. The molecule has 1 aromatic heterocycles. The van der Waals surface area contributed by atoms with Gasteiger partial charge in [0.05, 0.1) is 18.2 Å². The number of aromatic nitrogens is 2. The van der Waals surface area contributed by atoms with E-state index in [1.165, 1.54) is 0 Å². The van der Waals surface area contributed by atoms with Crippen LogP contribution in [0.1, 0.15) is 23.7 Å². The van der Waals surface area contributed by atoms with E-state index in [9.17, 15) is 4.79 Å². The highest BCUT2D eigenvalue weighted by atomic mass is 16.2. The van der Waals surface area contributed by atoms with Gasteiger partial charge in [0.15, 0.2) is 0 Å². The first-order chi connectivity index (χ1) is 5.66. The Morgan fingerprint density at radius 1 is 1.75 bits per heavy atom. The number of nitrogens with one attached hydrogen (secondary N) is 1. The van der Waals surface area contributed by atoms with Gasteiger partial charge >= 0.3 is 0 Å². The SMILES string of the molecule is Cc1nn(C)cc1C1CC(=O)N1. The van der Waals surface area contributed by atoms with E-state index in [2.05, 4.69) is 10.4 Å². The lowest BCUT2D eigenvalue weighted by atomic mass is 9.98. The second kappa shape index (κ2) is 2.33. The molecule has 0 bridgehead atoms. The maximum Gasteiger partial charge on any atom is 0.222 e. The number of hydrogen-bond donors (Lipinski definition) is 1. The van der Waals surface area contributed by atoms with Gasteiger partial charge in [0.25, 0.3) is 0 Å². The third-order valence-electron chi connectivity index (χ3n) is 2.15. The normalized spacial score (nSPS) is 21.8. The number of hydrogen-bond acceptors (Lipinski definition) is 2. The lowest BCUT2D eigenvalue weighted by Crippen LogP contribution is -2.41.